The molecule has 0 unspecified atom stereocenters. The first kappa shape index (κ1) is 15.7. The number of benzene rings is 2. The molecule has 0 aliphatic rings. The fraction of sp³-hybridized carbons (Fsp3) is 0.105. The van der Waals surface area contributed by atoms with Gasteiger partial charge in [-0.25, -0.2) is 4.98 Å². The summed E-state index contributed by atoms with van der Waals surface area (Å²) in [7, 11) is 0. The summed E-state index contributed by atoms with van der Waals surface area (Å²) in [4.78, 5) is 28.5. The van der Waals surface area contributed by atoms with Crippen LogP contribution in [0.5, 0.6) is 0 Å². The van der Waals surface area contributed by atoms with Gasteiger partial charge in [0.15, 0.2) is 11.5 Å². The van der Waals surface area contributed by atoms with Gasteiger partial charge >= 0.3 is 0 Å². The zero-order valence-electron chi connectivity index (χ0n) is 13.4. The Kier molecular flexibility index (Phi) is 4.24. The number of aryl methyl sites for hydroxylation is 1. The molecule has 0 saturated heterocycles. The van der Waals surface area contributed by atoms with Gasteiger partial charge in [0, 0.05) is 11.1 Å². The Bertz CT molecular complexity index is 898. The summed E-state index contributed by atoms with van der Waals surface area (Å²) >= 11 is 0. The van der Waals surface area contributed by atoms with Gasteiger partial charge in [0.1, 0.15) is 5.76 Å². The second kappa shape index (κ2) is 6.50. The van der Waals surface area contributed by atoms with Gasteiger partial charge in [0.2, 0.25) is 5.89 Å². The highest BCUT2D eigenvalue weighted by molar-refractivity contribution is 6.08. The number of carbonyl (C=O) groups is 2. The van der Waals surface area contributed by atoms with Gasteiger partial charge in [-0.1, -0.05) is 30.3 Å². The number of nitrogens with one attached hydrogen (secondary N) is 1. The zero-order valence-corrected chi connectivity index (χ0v) is 13.4. The Labute approximate surface area is 139 Å². The zero-order chi connectivity index (χ0) is 17.1. The topological polar surface area (TPSA) is 72.2 Å². The second-order valence-electron chi connectivity index (χ2n) is 5.35. The average Bonchev–Trinajstić information content (AvgIpc) is 2.98. The molecule has 0 fully saturated rings. The summed E-state index contributed by atoms with van der Waals surface area (Å²) in [5.41, 5.74) is 1.91. The largest absolute Gasteiger partial charge is 0.441 e. The predicted octanol–water partition coefficient (Wildman–Crippen LogP) is 4.10. The van der Waals surface area contributed by atoms with Gasteiger partial charge in [-0.15, -0.1) is 0 Å². The highest BCUT2D eigenvalue weighted by Gasteiger charge is 2.19. The molecule has 0 spiro atoms. The minimum absolute atomic E-state index is 0.118. The number of para-hydroxylation sites is 1. The van der Waals surface area contributed by atoms with E-state index in [-0.39, 0.29) is 11.5 Å². The van der Waals surface area contributed by atoms with Crippen LogP contribution < -0.4 is 5.32 Å². The molecular formula is C19H16N2O3. The third-order valence-electron chi connectivity index (χ3n) is 3.59. The number of amides is 1. The van der Waals surface area contributed by atoms with Gasteiger partial charge < -0.3 is 9.73 Å². The number of Topliss-reactive ketones (excluding diaryl/α,β-unsaturated/α-hetero) is 1. The van der Waals surface area contributed by atoms with Gasteiger partial charge in [0.25, 0.3) is 5.91 Å². The number of nitrogens with zero attached hydrogens (tertiary/aromatic N) is 1. The van der Waals surface area contributed by atoms with E-state index in [2.05, 4.69) is 10.3 Å². The van der Waals surface area contributed by atoms with Crippen molar-refractivity contribution >= 4 is 17.4 Å². The highest BCUT2D eigenvalue weighted by atomic mass is 16.4. The number of hydrogen-bond donors (Lipinski definition) is 1. The predicted molar refractivity (Wildman–Crippen MR) is 91.1 cm³/mol. The lowest BCUT2D eigenvalue weighted by Crippen LogP contribution is -2.15. The summed E-state index contributed by atoms with van der Waals surface area (Å²) in [6.07, 6.45) is 0. The summed E-state index contributed by atoms with van der Waals surface area (Å²) < 4.78 is 5.60. The number of carbonyl (C=O) groups excluding carboxylic acids is 2. The summed E-state index contributed by atoms with van der Waals surface area (Å²) in [6.45, 7) is 3.14. The molecule has 1 amide bonds. The Morgan fingerprint density at radius 3 is 2.38 bits per heavy atom. The third kappa shape index (κ3) is 3.10. The molecule has 0 aliphatic carbocycles. The first-order chi connectivity index (χ1) is 11.6. The van der Waals surface area contributed by atoms with E-state index in [1.807, 2.05) is 30.3 Å². The van der Waals surface area contributed by atoms with E-state index in [4.69, 9.17) is 4.42 Å². The molecule has 0 atom stereocenters. The number of rotatable bonds is 4. The third-order valence-corrected chi connectivity index (χ3v) is 3.59. The molecule has 1 aromatic heterocycles. The van der Waals surface area contributed by atoms with Gasteiger partial charge in [-0.3, -0.25) is 9.59 Å². The van der Waals surface area contributed by atoms with Crippen molar-refractivity contribution < 1.29 is 14.0 Å². The molecule has 0 aliphatic heterocycles. The molecule has 3 aromatic rings. The maximum Gasteiger partial charge on any atom is 0.277 e. The quantitative estimate of drug-likeness (QED) is 0.734. The lowest BCUT2D eigenvalue weighted by atomic mass is 10.1. The van der Waals surface area contributed by atoms with Crippen LogP contribution in [0.4, 0.5) is 5.69 Å². The van der Waals surface area contributed by atoms with E-state index in [0.717, 1.165) is 5.56 Å². The van der Waals surface area contributed by atoms with E-state index >= 15 is 0 Å². The maximum absolute atomic E-state index is 12.5. The lowest BCUT2D eigenvalue weighted by Gasteiger charge is -2.07. The highest BCUT2D eigenvalue weighted by Crippen LogP contribution is 2.23. The van der Waals surface area contributed by atoms with Crippen molar-refractivity contribution in [1.29, 1.82) is 0 Å². The molecule has 5 heteroatoms. The van der Waals surface area contributed by atoms with Crippen LogP contribution in [-0.4, -0.2) is 16.7 Å². The van der Waals surface area contributed by atoms with Crippen molar-refractivity contribution in [2.45, 2.75) is 13.8 Å². The van der Waals surface area contributed by atoms with Crippen molar-refractivity contribution in [2.24, 2.45) is 0 Å². The summed E-state index contributed by atoms with van der Waals surface area (Å²) in [5, 5.41) is 2.73. The van der Waals surface area contributed by atoms with Gasteiger partial charge in [0.05, 0.1) is 5.69 Å². The van der Waals surface area contributed by atoms with Crippen molar-refractivity contribution in [2.75, 3.05) is 5.32 Å². The number of hydrogen-bond acceptors (Lipinski definition) is 4. The minimum Gasteiger partial charge on any atom is -0.441 e. The molecule has 3 rings (SSSR count). The second-order valence-corrected chi connectivity index (χ2v) is 5.35. The normalized spacial score (nSPS) is 10.4. The van der Waals surface area contributed by atoms with Crippen molar-refractivity contribution in [3.63, 3.8) is 0 Å². The monoisotopic (exact) mass is 320 g/mol. The first-order valence-electron chi connectivity index (χ1n) is 7.50. The van der Waals surface area contributed by atoms with Crippen molar-refractivity contribution in [3.8, 4) is 11.5 Å². The van der Waals surface area contributed by atoms with Gasteiger partial charge in [-0.05, 0) is 38.1 Å². The van der Waals surface area contributed by atoms with E-state index < -0.39 is 5.91 Å². The SMILES string of the molecule is CC(=O)c1ccccc1NC(=O)c1nc(-c2ccccc2)oc1C. The fourth-order valence-electron chi connectivity index (χ4n) is 2.39. The van der Waals surface area contributed by atoms with Crippen LogP contribution in [-0.2, 0) is 0 Å². The summed E-state index contributed by atoms with van der Waals surface area (Å²) in [5.74, 6) is 0.282. The van der Waals surface area contributed by atoms with Crippen LogP contribution in [0.2, 0.25) is 0 Å². The van der Waals surface area contributed by atoms with E-state index in [0.29, 0.717) is 22.9 Å². The molecule has 0 saturated carbocycles. The van der Waals surface area contributed by atoms with Crippen LogP contribution in [0.15, 0.2) is 59.0 Å². The number of oxazole rings is 1. The molecule has 0 radical (unpaired) electrons. The Hall–Kier alpha value is -3.21. The van der Waals surface area contributed by atoms with Crippen LogP contribution >= 0.6 is 0 Å². The smallest absolute Gasteiger partial charge is 0.277 e. The molecule has 120 valence electrons. The molecular weight excluding hydrogens is 304 g/mol. The molecule has 5 nitrogen and oxygen atoms in total. The Balaban J connectivity index is 1.89. The van der Waals surface area contributed by atoms with Crippen LogP contribution in [0, 0.1) is 6.92 Å². The molecule has 1 heterocycles. The Morgan fingerprint density at radius 2 is 1.67 bits per heavy atom. The summed E-state index contributed by atoms with van der Waals surface area (Å²) in [6, 6.07) is 16.2. The van der Waals surface area contributed by atoms with Gasteiger partial charge in [-0.2, -0.15) is 0 Å². The number of anilines is 1. The Morgan fingerprint density at radius 1 is 1.00 bits per heavy atom. The van der Waals surface area contributed by atoms with Crippen molar-refractivity contribution in [1.82, 2.24) is 4.98 Å². The first-order valence-corrected chi connectivity index (χ1v) is 7.50. The van der Waals surface area contributed by atoms with Crippen LogP contribution in [0.3, 0.4) is 0 Å². The number of aromatic nitrogens is 1. The fourth-order valence-corrected chi connectivity index (χ4v) is 2.39. The van der Waals surface area contributed by atoms with E-state index in [9.17, 15) is 9.59 Å². The number of ketones is 1. The molecule has 24 heavy (non-hydrogen) atoms. The van der Waals surface area contributed by atoms with Crippen LogP contribution in [0.25, 0.3) is 11.5 Å². The van der Waals surface area contributed by atoms with Crippen LogP contribution in [0.1, 0.15) is 33.5 Å². The lowest BCUT2D eigenvalue weighted by molar-refractivity contribution is 0.101. The van der Waals surface area contributed by atoms with E-state index in [1.54, 1.807) is 31.2 Å². The maximum atomic E-state index is 12.5. The molecule has 2 aromatic carbocycles. The molecule has 0 bridgehead atoms. The molecule has 1 N–H and O–H groups in total. The van der Waals surface area contributed by atoms with E-state index in [1.165, 1.54) is 6.92 Å². The average molecular weight is 320 g/mol. The standard InChI is InChI=1S/C19H16N2O3/c1-12(22)15-10-6-7-11-16(15)20-18(23)17-13(2)24-19(21-17)14-8-4-3-5-9-14/h3-11H,1-2H3,(H,20,23). The minimum atomic E-state index is -0.410. The van der Waals surface area contributed by atoms with Crippen molar-refractivity contribution in [3.05, 3.63) is 71.6 Å².